The first-order chi connectivity index (χ1) is 16.2. The van der Waals surface area contributed by atoms with Crippen LogP contribution in [0.5, 0.6) is 5.75 Å². The number of alkyl carbamates (subject to hydrolysis) is 1. The number of methoxy groups -OCH3 is 1. The molecule has 0 saturated heterocycles. The minimum absolute atomic E-state index is 0.0617. The molecular weight excluding hydrogens is 460 g/mol. The zero-order valence-corrected chi connectivity index (χ0v) is 20.8. The Morgan fingerprint density at radius 1 is 1.17 bits per heavy atom. The van der Waals surface area contributed by atoms with Gasteiger partial charge in [-0.05, 0) is 40.2 Å². The Balaban J connectivity index is 3.44. The van der Waals surface area contributed by atoms with E-state index in [-0.39, 0.29) is 17.9 Å². The molecule has 2 atom stereocenters. The number of ether oxygens (including phenoxy) is 2. The van der Waals surface area contributed by atoms with E-state index in [2.05, 4.69) is 15.4 Å². The predicted molar refractivity (Wildman–Crippen MR) is 125 cm³/mol. The molecule has 35 heavy (non-hydrogen) atoms. The summed E-state index contributed by atoms with van der Waals surface area (Å²) < 4.78 is 9.71. The average molecular weight is 495 g/mol. The van der Waals surface area contributed by atoms with Crippen molar-refractivity contribution in [2.45, 2.75) is 58.7 Å². The second kappa shape index (κ2) is 12.6. The van der Waals surface area contributed by atoms with Crippen LogP contribution in [-0.2, 0) is 28.7 Å². The maximum atomic E-state index is 13.5. The van der Waals surface area contributed by atoms with Gasteiger partial charge in [0, 0.05) is 12.1 Å². The fourth-order valence-corrected chi connectivity index (χ4v) is 3.20. The van der Waals surface area contributed by atoms with Gasteiger partial charge in [-0.1, -0.05) is 18.2 Å². The van der Waals surface area contributed by atoms with Crippen molar-refractivity contribution in [1.82, 2.24) is 15.5 Å². The van der Waals surface area contributed by atoms with Gasteiger partial charge in [0.05, 0.1) is 13.5 Å². The molecule has 0 saturated carbocycles. The van der Waals surface area contributed by atoms with Gasteiger partial charge >= 0.3 is 12.1 Å². The Bertz CT molecular complexity index is 957. The number of nitrogens with two attached hydrogens (primary N) is 1. The highest BCUT2D eigenvalue weighted by Gasteiger charge is 2.37. The molecule has 4 amide bonds. The molecular formula is C23H34N4O8. The van der Waals surface area contributed by atoms with Gasteiger partial charge < -0.3 is 35.8 Å². The number of benzene rings is 1. The Morgan fingerprint density at radius 3 is 2.31 bits per heavy atom. The molecule has 194 valence electrons. The molecule has 5 N–H and O–H groups in total. The number of phenols is 1. The van der Waals surface area contributed by atoms with E-state index in [1.165, 1.54) is 6.07 Å². The predicted octanol–water partition coefficient (Wildman–Crippen LogP) is 0.648. The summed E-state index contributed by atoms with van der Waals surface area (Å²) in [5, 5.41) is 15.4. The lowest BCUT2D eigenvalue weighted by molar-refractivity contribution is -0.145. The van der Waals surface area contributed by atoms with Gasteiger partial charge in [0.2, 0.25) is 17.7 Å². The summed E-state index contributed by atoms with van der Waals surface area (Å²) in [6, 6.07) is 1.78. The molecule has 0 aromatic heterocycles. The summed E-state index contributed by atoms with van der Waals surface area (Å²) in [6.45, 7) is 7.51. The van der Waals surface area contributed by atoms with Gasteiger partial charge in [-0.3, -0.25) is 19.2 Å². The van der Waals surface area contributed by atoms with Crippen LogP contribution in [0.2, 0.25) is 0 Å². The molecule has 0 radical (unpaired) electrons. The third-order valence-electron chi connectivity index (χ3n) is 4.78. The van der Waals surface area contributed by atoms with Crippen LogP contribution in [0.4, 0.5) is 4.79 Å². The lowest BCUT2D eigenvalue weighted by atomic mass is 9.99. The van der Waals surface area contributed by atoms with Crippen LogP contribution in [0.15, 0.2) is 18.2 Å². The number of nitrogens with zero attached hydrogens (tertiary/aromatic N) is 1. The molecule has 0 aliphatic rings. The van der Waals surface area contributed by atoms with Crippen LogP contribution in [-0.4, -0.2) is 71.6 Å². The van der Waals surface area contributed by atoms with E-state index < -0.39 is 60.4 Å². The van der Waals surface area contributed by atoms with E-state index >= 15 is 0 Å². The molecule has 0 spiro atoms. The van der Waals surface area contributed by atoms with Crippen molar-refractivity contribution in [3.05, 3.63) is 29.3 Å². The molecule has 1 rings (SSSR count). The maximum Gasteiger partial charge on any atom is 0.408 e. The number of rotatable bonds is 10. The Morgan fingerprint density at radius 2 is 1.80 bits per heavy atom. The van der Waals surface area contributed by atoms with E-state index in [4.69, 9.17) is 10.5 Å². The number of amides is 4. The SMILES string of the molecule is CCN(C(=O)C(CC(N)=O)NC(=O)OC(C)(C)C)C(C(=O)NCC(=O)OC)c1cccc(C)c1O. The minimum Gasteiger partial charge on any atom is -0.507 e. The number of carbonyl (C=O) groups excluding carboxylic acids is 5. The van der Waals surface area contributed by atoms with Crippen molar-refractivity contribution in [3.63, 3.8) is 0 Å². The summed E-state index contributed by atoms with van der Waals surface area (Å²) >= 11 is 0. The van der Waals surface area contributed by atoms with Crippen LogP contribution in [0.1, 0.15) is 51.3 Å². The van der Waals surface area contributed by atoms with E-state index in [9.17, 15) is 29.1 Å². The number of aromatic hydroxyl groups is 1. The fraction of sp³-hybridized carbons (Fsp3) is 0.522. The highest BCUT2D eigenvalue weighted by Crippen LogP contribution is 2.32. The number of hydrogen-bond acceptors (Lipinski definition) is 8. The number of primary amides is 1. The first-order valence-corrected chi connectivity index (χ1v) is 10.9. The quantitative estimate of drug-likeness (QED) is 0.342. The molecule has 0 aliphatic carbocycles. The number of esters is 1. The summed E-state index contributed by atoms with van der Waals surface area (Å²) in [5.74, 6) is -3.44. The number of likely N-dealkylation sites (N-methyl/N-ethyl adjacent to an activating group) is 1. The van der Waals surface area contributed by atoms with Crippen molar-refractivity contribution in [2.24, 2.45) is 5.73 Å². The molecule has 1 aromatic rings. The van der Waals surface area contributed by atoms with Crippen molar-refractivity contribution in [3.8, 4) is 5.75 Å². The van der Waals surface area contributed by atoms with Crippen LogP contribution < -0.4 is 16.4 Å². The topological polar surface area (TPSA) is 177 Å². The third kappa shape index (κ3) is 8.80. The molecule has 0 aliphatic heterocycles. The Kier molecular flexibility index (Phi) is 10.5. The zero-order valence-electron chi connectivity index (χ0n) is 20.8. The molecule has 12 heteroatoms. The third-order valence-corrected chi connectivity index (χ3v) is 4.78. The van der Waals surface area contributed by atoms with Crippen LogP contribution in [0, 0.1) is 6.92 Å². The van der Waals surface area contributed by atoms with Crippen LogP contribution in [0.3, 0.4) is 0 Å². The molecule has 0 fully saturated rings. The largest absolute Gasteiger partial charge is 0.507 e. The first kappa shape index (κ1) is 29.2. The molecule has 2 unspecified atom stereocenters. The minimum atomic E-state index is -1.45. The first-order valence-electron chi connectivity index (χ1n) is 10.9. The van der Waals surface area contributed by atoms with E-state index in [0.29, 0.717) is 5.56 Å². The molecule has 0 heterocycles. The smallest absolute Gasteiger partial charge is 0.408 e. The maximum absolute atomic E-state index is 13.5. The number of nitrogens with one attached hydrogen (secondary N) is 2. The zero-order chi connectivity index (χ0) is 26.9. The number of aryl methyl sites for hydroxylation is 1. The number of phenolic OH excluding ortho intramolecular Hbond substituents is 1. The van der Waals surface area contributed by atoms with E-state index in [1.54, 1.807) is 46.8 Å². The highest BCUT2D eigenvalue weighted by molar-refractivity contribution is 5.95. The second-order valence-electron chi connectivity index (χ2n) is 8.70. The van der Waals surface area contributed by atoms with E-state index in [0.717, 1.165) is 12.0 Å². The van der Waals surface area contributed by atoms with Gasteiger partial charge in [-0.25, -0.2) is 4.79 Å². The summed E-state index contributed by atoms with van der Waals surface area (Å²) in [7, 11) is 1.15. The van der Waals surface area contributed by atoms with Gasteiger partial charge in [0.1, 0.15) is 30.0 Å². The number of carbonyl (C=O) groups is 5. The van der Waals surface area contributed by atoms with Gasteiger partial charge in [-0.15, -0.1) is 0 Å². The summed E-state index contributed by atoms with van der Waals surface area (Å²) in [4.78, 5) is 63.3. The molecule has 1 aromatic carbocycles. The number of hydrogen-bond donors (Lipinski definition) is 4. The molecule has 12 nitrogen and oxygen atoms in total. The summed E-state index contributed by atoms with van der Waals surface area (Å²) in [5.41, 5.74) is 4.94. The van der Waals surface area contributed by atoms with Crippen LogP contribution in [0.25, 0.3) is 0 Å². The Labute approximate surface area is 204 Å². The molecule has 0 bridgehead atoms. The van der Waals surface area contributed by atoms with Crippen LogP contribution >= 0.6 is 0 Å². The lowest BCUT2D eigenvalue weighted by Gasteiger charge is -2.33. The monoisotopic (exact) mass is 494 g/mol. The standard InChI is InChI=1S/C23H34N4O8/c1-7-27(21(32)15(11-16(24)28)26-22(33)35-23(3,4)5)18(20(31)25-12-17(29)34-6)14-10-8-9-13(2)19(14)30/h8-10,15,18,30H,7,11-12H2,1-6H3,(H2,24,28)(H,25,31)(H,26,33). The lowest BCUT2D eigenvalue weighted by Crippen LogP contribution is -2.54. The van der Waals surface area contributed by atoms with Crippen molar-refractivity contribution < 1.29 is 38.6 Å². The summed E-state index contributed by atoms with van der Waals surface area (Å²) in [6.07, 6.45) is -1.52. The highest BCUT2D eigenvalue weighted by atomic mass is 16.6. The van der Waals surface area contributed by atoms with E-state index in [1.807, 2.05) is 0 Å². The van der Waals surface area contributed by atoms with Crippen molar-refractivity contribution >= 4 is 29.8 Å². The fourth-order valence-electron chi connectivity index (χ4n) is 3.20. The van der Waals surface area contributed by atoms with Gasteiger partial charge in [0.15, 0.2) is 0 Å². The number of para-hydroxylation sites is 1. The normalized spacial score (nSPS) is 12.6. The van der Waals surface area contributed by atoms with Gasteiger partial charge in [0.25, 0.3) is 0 Å². The Hall–Kier alpha value is -3.83. The van der Waals surface area contributed by atoms with Crippen molar-refractivity contribution in [2.75, 3.05) is 20.2 Å². The van der Waals surface area contributed by atoms with Gasteiger partial charge in [-0.2, -0.15) is 0 Å². The second-order valence-corrected chi connectivity index (χ2v) is 8.70. The van der Waals surface area contributed by atoms with Crippen molar-refractivity contribution in [1.29, 1.82) is 0 Å². The average Bonchev–Trinajstić information content (AvgIpc) is 2.75.